The van der Waals surface area contributed by atoms with E-state index in [-0.39, 0.29) is 0 Å². The SMILES string of the molecule is CC1CN(C(=O)CC2CCCCCC2)CCN1. The van der Waals surface area contributed by atoms with Gasteiger partial charge >= 0.3 is 0 Å². The molecule has 0 radical (unpaired) electrons. The Hall–Kier alpha value is -0.570. The highest BCUT2D eigenvalue weighted by Crippen LogP contribution is 2.26. The molecule has 1 heterocycles. The summed E-state index contributed by atoms with van der Waals surface area (Å²) in [7, 11) is 0. The van der Waals surface area contributed by atoms with Crippen LogP contribution >= 0.6 is 0 Å². The van der Waals surface area contributed by atoms with E-state index in [2.05, 4.69) is 17.1 Å². The van der Waals surface area contributed by atoms with Crippen LogP contribution in [0.25, 0.3) is 0 Å². The molecule has 1 aliphatic heterocycles. The fourth-order valence-electron chi connectivity index (χ4n) is 3.10. The first-order valence-electron chi connectivity index (χ1n) is 7.27. The maximum absolute atomic E-state index is 12.2. The molecule has 98 valence electrons. The van der Waals surface area contributed by atoms with E-state index in [0.717, 1.165) is 26.1 Å². The van der Waals surface area contributed by atoms with E-state index in [4.69, 9.17) is 0 Å². The van der Waals surface area contributed by atoms with Gasteiger partial charge in [-0.1, -0.05) is 25.7 Å². The second-order valence-corrected chi connectivity index (χ2v) is 5.76. The van der Waals surface area contributed by atoms with E-state index in [9.17, 15) is 4.79 Å². The molecule has 1 N–H and O–H groups in total. The molecule has 2 rings (SSSR count). The van der Waals surface area contributed by atoms with Gasteiger partial charge in [-0.05, 0) is 25.7 Å². The number of hydrogen-bond acceptors (Lipinski definition) is 2. The van der Waals surface area contributed by atoms with Crippen LogP contribution in [-0.2, 0) is 4.79 Å². The number of nitrogens with one attached hydrogen (secondary N) is 1. The highest BCUT2D eigenvalue weighted by molar-refractivity contribution is 5.76. The smallest absolute Gasteiger partial charge is 0.222 e. The van der Waals surface area contributed by atoms with Crippen LogP contribution in [0.3, 0.4) is 0 Å². The lowest BCUT2D eigenvalue weighted by Gasteiger charge is -2.32. The molecule has 0 aromatic carbocycles. The van der Waals surface area contributed by atoms with Crippen molar-refractivity contribution in [1.82, 2.24) is 10.2 Å². The minimum atomic E-state index is 0.394. The molecule has 1 atom stereocenters. The third-order valence-electron chi connectivity index (χ3n) is 4.16. The maximum atomic E-state index is 12.2. The van der Waals surface area contributed by atoms with Crippen molar-refractivity contribution in [2.75, 3.05) is 19.6 Å². The molecule has 1 amide bonds. The Labute approximate surface area is 105 Å². The highest BCUT2D eigenvalue weighted by atomic mass is 16.2. The van der Waals surface area contributed by atoms with Crippen molar-refractivity contribution in [2.24, 2.45) is 5.92 Å². The lowest BCUT2D eigenvalue weighted by Crippen LogP contribution is -2.51. The van der Waals surface area contributed by atoms with E-state index in [0.29, 0.717) is 17.9 Å². The largest absolute Gasteiger partial charge is 0.340 e. The number of rotatable bonds is 2. The standard InChI is InChI=1S/C14H26N2O/c1-12-11-16(9-8-15-12)14(17)10-13-6-4-2-3-5-7-13/h12-13,15H,2-11H2,1H3. The van der Waals surface area contributed by atoms with Crippen molar-refractivity contribution in [2.45, 2.75) is 57.9 Å². The predicted octanol–water partition coefficient (Wildman–Crippen LogP) is 2.17. The van der Waals surface area contributed by atoms with Gasteiger partial charge in [0.25, 0.3) is 0 Å². The van der Waals surface area contributed by atoms with Crippen molar-refractivity contribution in [3.05, 3.63) is 0 Å². The normalized spacial score (nSPS) is 27.8. The predicted molar refractivity (Wildman–Crippen MR) is 69.9 cm³/mol. The van der Waals surface area contributed by atoms with E-state index in [1.807, 2.05) is 0 Å². The van der Waals surface area contributed by atoms with Crippen LogP contribution in [0, 0.1) is 5.92 Å². The summed E-state index contributed by atoms with van der Waals surface area (Å²) in [4.78, 5) is 14.3. The number of carbonyl (C=O) groups is 1. The van der Waals surface area contributed by atoms with E-state index in [1.54, 1.807) is 0 Å². The Balaban J connectivity index is 1.78. The van der Waals surface area contributed by atoms with Gasteiger partial charge in [0.15, 0.2) is 0 Å². The van der Waals surface area contributed by atoms with Gasteiger partial charge in [0.1, 0.15) is 0 Å². The van der Waals surface area contributed by atoms with Crippen LogP contribution in [-0.4, -0.2) is 36.5 Å². The first-order valence-corrected chi connectivity index (χ1v) is 7.27. The van der Waals surface area contributed by atoms with Crippen LogP contribution in [0.2, 0.25) is 0 Å². The molecule has 0 spiro atoms. The van der Waals surface area contributed by atoms with Crippen molar-refractivity contribution < 1.29 is 4.79 Å². The van der Waals surface area contributed by atoms with Crippen molar-refractivity contribution in [3.8, 4) is 0 Å². The van der Waals surface area contributed by atoms with Gasteiger partial charge in [-0.3, -0.25) is 4.79 Å². The van der Waals surface area contributed by atoms with Gasteiger partial charge in [-0.25, -0.2) is 0 Å². The van der Waals surface area contributed by atoms with Gasteiger partial charge in [-0.2, -0.15) is 0 Å². The van der Waals surface area contributed by atoms with E-state index < -0.39 is 0 Å². The molecule has 2 aliphatic rings. The van der Waals surface area contributed by atoms with Gasteiger partial charge in [0.2, 0.25) is 5.91 Å². The zero-order valence-corrected chi connectivity index (χ0v) is 11.1. The number of amides is 1. The first-order chi connectivity index (χ1) is 8.25. The molecular formula is C14H26N2O. The van der Waals surface area contributed by atoms with Crippen molar-refractivity contribution >= 4 is 5.91 Å². The number of hydrogen-bond donors (Lipinski definition) is 1. The number of carbonyl (C=O) groups excluding carboxylic acids is 1. The van der Waals surface area contributed by atoms with Crippen LogP contribution in [0.15, 0.2) is 0 Å². The van der Waals surface area contributed by atoms with Crippen LogP contribution in [0.4, 0.5) is 0 Å². The average molecular weight is 238 g/mol. The van der Waals surface area contributed by atoms with Crippen molar-refractivity contribution in [3.63, 3.8) is 0 Å². The molecule has 1 saturated carbocycles. The molecule has 1 aliphatic carbocycles. The Bertz CT molecular complexity index is 247. The summed E-state index contributed by atoms with van der Waals surface area (Å²) in [5.41, 5.74) is 0. The summed E-state index contributed by atoms with van der Waals surface area (Å²) in [6, 6.07) is 0.460. The number of piperazine rings is 1. The zero-order valence-electron chi connectivity index (χ0n) is 11.1. The Kier molecular flexibility index (Phi) is 4.84. The van der Waals surface area contributed by atoms with Gasteiger partial charge < -0.3 is 10.2 Å². The van der Waals surface area contributed by atoms with E-state index >= 15 is 0 Å². The summed E-state index contributed by atoms with van der Waals surface area (Å²) in [6.07, 6.45) is 8.74. The Morgan fingerprint density at radius 3 is 2.59 bits per heavy atom. The first kappa shape index (κ1) is 12.9. The molecule has 2 fully saturated rings. The minimum absolute atomic E-state index is 0.394. The Morgan fingerprint density at radius 1 is 1.24 bits per heavy atom. The van der Waals surface area contributed by atoms with Crippen molar-refractivity contribution in [1.29, 1.82) is 0 Å². The third kappa shape index (κ3) is 3.98. The quantitative estimate of drug-likeness (QED) is 0.748. The lowest BCUT2D eigenvalue weighted by molar-refractivity contribution is -0.133. The van der Waals surface area contributed by atoms with Gasteiger partial charge in [-0.15, -0.1) is 0 Å². The van der Waals surface area contributed by atoms with Crippen LogP contribution in [0.1, 0.15) is 51.9 Å². The minimum Gasteiger partial charge on any atom is -0.340 e. The summed E-state index contributed by atoms with van der Waals surface area (Å²) in [5, 5.41) is 3.39. The molecule has 17 heavy (non-hydrogen) atoms. The van der Waals surface area contributed by atoms with E-state index in [1.165, 1.54) is 38.5 Å². The van der Waals surface area contributed by atoms with Crippen LogP contribution in [0.5, 0.6) is 0 Å². The highest BCUT2D eigenvalue weighted by Gasteiger charge is 2.23. The monoisotopic (exact) mass is 238 g/mol. The third-order valence-corrected chi connectivity index (χ3v) is 4.16. The summed E-state index contributed by atoms with van der Waals surface area (Å²) in [5.74, 6) is 1.06. The molecule has 1 unspecified atom stereocenters. The molecule has 1 saturated heterocycles. The molecular weight excluding hydrogens is 212 g/mol. The fourth-order valence-corrected chi connectivity index (χ4v) is 3.10. The molecule has 0 aromatic rings. The molecule has 0 aromatic heterocycles. The summed E-state index contributed by atoms with van der Waals surface area (Å²) >= 11 is 0. The zero-order chi connectivity index (χ0) is 12.1. The molecule has 3 nitrogen and oxygen atoms in total. The Morgan fingerprint density at radius 2 is 1.94 bits per heavy atom. The molecule has 0 bridgehead atoms. The maximum Gasteiger partial charge on any atom is 0.222 e. The van der Waals surface area contributed by atoms with Gasteiger partial charge in [0, 0.05) is 32.1 Å². The van der Waals surface area contributed by atoms with Gasteiger partial charge in [0.05, 0.1) is 0 Å². The summed E-state index contributed by atoms with van der Waals surface area (Å²) < 4.78 is 0. The fraction of sp³-hybridized carbons (Fsp3) is 0.929. The summed E-state index contributed by atoms with van der Waals surface area (Å²) in [6.45, 7) is 4.91. The van der Waals surface area contributed by atoms with Crippen LogP contribution < -0.4 is 5.32 Å². The molecule has 3 heteroatoms. The average Bonchev–Trinajstić information content (AvgIpc) is 2.57. The lowest BCUT2D eigenvalue weighted by atomic mass is 9.96. The second kappa shape index (κ2) is 6.39. The number of nitrogens with zero attached hydrogens (tertiary/aromatic N) is 1. The topological polar surface area (TPSA) is 32.3 Å². The second-order valence-electron chi connectivity index (χ2n) is 5.76.